The van der Waals surface area contributed by atoms with Crippen LogP contribution in [0.15, 0.2) is 71.8 Å². The summed E-state index contributed by atoms with van der Waals surface area (Å²) in [5.74, 6) is 0.722. The number of hydrogen-bond acceptors (Lipinski definition) is 3. The number of benzene rings is 3. The normalized spacial score (nSPS) is 10.9. The van der Waals surface area contributed by atoms with Crippen LogP contribution in [0.2, 0.25) is 15.1 Å². The first-order valence-corrected chi connectivity index (χ1v) is 8.95. The molecule has 0 saturated carbocycles. The van der Waals surface area contributed by atoms with Gasteiger partial charge in [0, 0.05) is 10.6 Å². The van der Waals surface area contributed by atoms with Gasteiger partial charge < -0.3 is 4.74 Å². The van der Waals surface area contributed by atoms with Gasteiger partial charge in [-0.25, -0.2) is 0 Å². The Hall–Kier alpha value is -2.20. The molecular weight excluding hydrogens is 391 g/mol. The highest BCUT2D eigenvalue weighted by Gasteiger charge is 2.04. The molecule has 0 aliphatic heterocycles. The Morgan fingerprint density at radius 2 is 1.65 bits per heavy atom. The average molecular weight is 406 g/mol. The minimum absolute atomic E-state index is 0.381. The lowest BCUT2D eigenvalue weighted by Crippen LogP contribution is -1.99. The van der Waals surface area contributed by atoms with Gasteiger partial charge in [-0.3, -0.25) is 5.43 Å². The molecule has 0 atom stereocenters. The second-order valence-corrected chi connectivity index (χ2v) is 6.70. The van der Waals surface area contributed by atoms with E-state index in [0.29, 0.717) is 21.7 Å². The van der Waals surface area contributed by atoms with Gasteiger partial charge in [0.25, 0.3) is 0 Å². The average Bonchev–Trinajstić information content (AvgIpc) is 2.65. The molecule has 0 aliphatic carbocycles. The number of halogens is 3. The molecule has 3 aromatic rings. The van der Waals surface area contributed by atoms with E-state index in [4.69, 9.17) is 39.5 Å². The van der Waals surface area contributed by atoms with Crippen LogP contribution in [-0.4, -0.2) is 6.21 Å². The minimum atomic E-state index is 0.381. The van der Waals surface area contributed by atoms with Crippen molar-refractivity contribution in [3.05, 3.63) is 92.9 Å². The fourth-order valence-corrected chi connectivity index (χ4v) is 2.66. The maximum Gasteiger partial charge on any atom is 0.128 e. The Labute approximate surface area is 167 Å². The van der Waals surface area contributed by atoms with Gasteiger partial charge in [0.1, 0.15) is 12.4 Å². The number of hydrogen-bond donors (Lipinski definition) is 1. The van der Waals surface area contributed by atoms with E-state index in [1.165, 1.54) is 0 Å². The molecule has 0 fully saturated rings. The van der Waals surface area contributed by atoms with Gasteiger partial charge in [-0.1, -0.05) is 53.0 Å². The highest BCUT2D eigenvalue weighted by atomic mass is 35.5. The third kappa shape index (κ3) is 5.15. The summed E-state index contributed by atoms with van der Waals surface area (Å²) in [6, 6.07) is 20.4. The number of nitrogens with zero attached hydrogens (tertiary/aromatic N) is 1. The molecule has 0 unspecified atom stereocenters. The predicted octanol–water partition coefficient (Wildman–Crippen LogP) is 6.67. The van der Waals surface area contributed by atoms with E-state index >= 15 is 0 Å². The Morgan fingerprint density at radius 1 is 0.885 bits per heavy atom. The van der Waals surface area contributed by atoms with Crippen LogP contribution in [0.5, 0.6) is 5.75 Å². The number of anilines is 1. The van der Waals surface area contributed by atoms with Crippen LogP contribution in [0.4, 0.5) is 5.69 Å². The van der Waals surface area contributed by atoms with Gasteiger partial charge in [-0.05, 0) is 54.1 Å². The lowest BCUT2D eigenvalue weighted by molar-refractivity contribution is 0.306. The van der Waals surface area contributed by atoms with Crippen molar-refractivity contribution >= 4 is 46.7 Å². The second-order valence-electron chi connectivity index (χ2n) is 5.45. The lowest BCUT2D eigenvalue weighted by Gasteiger charge is -2.09. The molecule has 0 spiro atoms. The van der Waals surface area contributed by atoms with Gasteiger partial charge in [-0.2, -0.15) is 5.10 Å². The monoisotopic (exact) mass is 404 g/mol. The van der Waals surface area contributed by atoms with Crippen LogP contribution in [0.3, 0.4) is 0 Å². The zero-order valence-electron chi connectivity index (χ0n) is 13.6. The summed E-state index contributed by atoms with van der Waals surface area (Å²) in [5.41, 5.74) is 5.60. The van der Waals surface area contributed by atoms with Gasteiger partial charge in [0.2, 0.25) is 0 Å². The number of hydrazone groups is 1. The Kier molecular flexibility index (Phi) is 6.40. The van der Waals surface area contributed by atoms with Crippen molar-refractivity contribution in [2.24, 2.45) is 5.10 Å². The van der Waals surface area contributed by atoms with Crippen molar-refractivity contribution in [1.82, 2.24) is 0 Å². The zero-order valence-corrected chi connectivity index (χ0v) is 15.9. The quantitative estimate of drug-likeness (QED) is 0.367. The van der Waals surface area contributed by atoms with Crippen molar-refractivity contribution in [3.8, 4) is 5.75 Å². The van der Waals surface area contributed by atoms with Crippen molar-refractivity contribution < 1.29 is 4.74 Å². The molecule has 0 saturated heterocycles. The summed E-state index contributed by atoms with van der Waals surface area (Å²) < 4.78 is 5.90. The van der Waals surface area contributed by atoms with Crippen molar-refractivity contribution in [2.75, 3.05) is 5.43 Å². The van der Waals surface area contributed by atoms with E-state index in [2.05, 4.69) is 10.5 Å². The highest BCUT2D eigenvalue weighted by molar-refractivity contribution is 6.42. The van der Waals surface area contributed by atoms with E-state index in [0.717, 1.165) is 22.6 Å². The van der Waals surface area contributed by atoms with Crippen LogP contribution in [0.1, 0.15) is 11.1 Å². The fraction of sp³-hybridized carbons (Fsp3) is 0.0500. The standard InChI is InChI=1S/C20H15Cl3N2O/c21-16-6-8-17(9-7-16)25-24-12-15-3-1-2-4-20(15)26-13-14-5-10-18(22)19(23)11-14/h1-12,25H,13H2. The van der Waals surface area contributed by atoms with E-state index in [9.17, 15) is 0 Å². The van der Waals surface area contributed by atoms with Crippen molar-refractivity contribution in [1.29, 1.82) is 0 Å². The maximum absolute atomic E-state index is 6.04. The van der Waals surface area contributed by atoms with Crippen LogP contribution in [0.25, 0.3) is 0 Å². The summed E-state index contributed by atoms with van der Waals surface area (Å²) in [7, 11) is 0. The van der Waals surface area contributed by atoms with Gasteiger partial charge in [-0.15, -0.1) is 0 Å². The van der Waals surface area contributed by atoms with Gasteiger partial charge >= 0.3 is 0 Å². The van der Waals surface area contributed by atoms with Crippen LogP contribution in [-0.2, 0) is 6.61 Å². The Balaban J connectivity index is 1.66. The summed E-state index contributed by atoms with van der Waals surface area (Å²) >= 11 is 17.8. The largest absolute Gasteiger partial charge is 0.488 e. The van der Waals surface area contributed by atoms with E-state index < -0.39 is 0 Å². The van der Waals surface area contributed by atoms with Crippen LogP contribution in [0, 0.1) is 0 Å². The first-order chi connectivity index (χ1) is 12.6. The van der Waals surface area contributed by atoms with Gasteiger partial charge in [0.05, 0.1) is 21.9 Å². The SMILES string of the molecule is Clc1ccc(NN=Cc2ccccc2OCc2ccc(Cl)c(Cl)c2)cc1. The number of ether oxygens (including phenoxy) is 1. The highest BCUT2D eigenvalue weighted by Crippen LogP contribution is 2.24. The second kappa shape index (κ2) is 8.95. The molecule has 0 aromatic heterocycles. The summed E-state index contributed by atoms with van der Waals surface area (Å²) in [6.45, 7) is 0.381. The third-order valence-electron chi connectivity index (χ3n) is 3.54. The molecule has 6 heteroatoms. The lowest BCUT2D eigenvalue weighted by atomic mass is 10.2. The van der Waals surface area contributed by atoms with E-state index in [1.54, 1.807) is 30.5 Å². The van der Waals surface area contributed by atoms with E-state index in [1.807, 2.05) is 42.5 Å². The Bertz CT molecular complexity index is 911. The molecule has 0 heterocycles. The van der Waals surface area contributed by atoms with Gasteiger partial charge in [0.15, 0.2) is 0 Å². The molecule has 3 nitrogen and oxygen atoms in total. The minimum Gasteiger partial charge on any atom is -0.488 e. The molecule has 3 rings (SSSR count). The number of rotatable bonds is 6. The molecule has 0 aliphatic rings. The molecule has 0 amide bonds. The Morgan fingerprint density at radius 3 is 2.42 bits per heavy atom. The van der Waals surface area contributed by atoms with Crippen LogP contribution < -0.4 is 10.2 Å². The molecule has 3 aromatic carbocycles. The number of nitrogens with one attached hydrogen (secondary N) is 1. The first kappa shape index (κ1) is 18.6. The number of para-hydroxylation sites is 1. The molecule has 0 radical (unpaired) electrons. The third-order valence-corrected chi connectivity index (χ3v) is 4.53. The van der Waals surface area contributed by atoms with Crippen LogP contribution >= 0.6 is 34.8 Å². The molecule has 132 valence electrons. The maximum atomic E-state index is 6.04. The molecule has 1 N–H and O–H groups in total. The predicted molar refractivity (Wildman–Crippen MR) is 110 cm³/mol. The van der Waals surface area contributed by atoms with Crippen molar-refractivity contribution in [2.45, 2.75) is 6.61 Å². The molecular formula is C20H15Cl3N2O. The summed E-state index contributed by atoms with van der Waals surface area (Å²) in [6.07, 6.45) is 1.71. The topological polar surface area (TPSA) is 33.6 Å². The molecule has 0 bridgehead atoms. The fourth-order valence-electron chi connectivity index (χ4n) is 2.21. The smallest absolute Gasteiger partial charge is 0.128 e. The van der Waals surface area contributed by atoms with Crippen molar-refractivity contribution in [3.63, 3.8) is 0 Å². The van der Waals surface area contributed by atoms with E-state index in [-0.39, 0.29) is 0 Å². The zero-order chi connectivity index (χ0) is 18.4. The summed E-state index contributed by atoms with van der Waals surface area (Å²) in [4.78, 5) is 0. The summed E-state index contributed by atoms with van der Waals surface area (Å²) in [5, 5.41) is 5.96. The molecule has 26 heavy (non-hydrogen) atoms. The first-order valence-electron chi connectivity index (χ1n) is 7.82.